The SMILES string of the molecule is CCCCCC/C=C\C/C=C\CCCCCCCC(=O)OC(COCCCCCCCCCCCCCCC)COP(=O)(O)OCC(O)CO. The second-order valence-electron chi connectivity index (χ2n) is 13.7. The molecule has 0 aromatic heterocycles. The van der Waals surface area contributed by atoms with Crippen molar-refractivity contribution < 1.29 is 43.0 Å². The van der Waals surface area contributed by atoms with Crippen molar-refractivity contribution in [3.05, 3.63) is 24.3 Å². The molecule has 0 aromatic carbocycles. The Hall–Kier alpha value is -1.06. The highest BCUT2D eigenvalue weighted by Crippen LogP contribution is 2.43. The third kappa shape index (κ3) is 36.7. The molecule has 0 rings (SSSR count). The lowest BCUT2D eigenvalue weighted by atomic mass is 10.0. The molecule has 0 spiro atoms. The van der Waals surface area contributed by atoms with Gasteiger partial charge in [-0.25, -0.2) is 4.57 Å². The Labute approximate surface area is 306 Å². The number of carbonyl (C=O) groups is 1. The molecule has 0 aliphatic carbocycles. The highest BCUT2D eigenvalue weighted by Gasteiger charge is 2.26. The third-order valence-electron chi connectivity index (χ3n) is 8.64. The van der Waals surface area contributed by atoms with Gasteiger partial charge in [0.05, 0.1) is 26.4 Å². The molecular formula is C40H77O9P. The lowest BCUT2D eigenvalue weighted by Gasteiger charge is -2.20. The van der Waals surface area contributed by atoms with Gasteiger partial charge in [-0.3, -0.25) is 13.8 Å². The Morgan fingerprint density at radius 2 is 1.08 bits per heavy atom. The van der Waals surface area contributed by atoms with Gasteiger partial charge in [0.25, 0.3) is 0 Å². The molecule has 0 amide bonds. The fourth-order valence-corrected chi connectivity index (χ4v) is 6.29. The average molecular weight is 733 g/mol. The predicted octanol–water partition coefficient (Wildman–Crippen LogP) is 10.7. The van der Waals surface area contributed by atoms with E-state index < -0.39 is 39.2 Å². The van der Waals surface area contributed by atoms with E-state index in [0.29, 0.717) is 13.0 Å². The number of esters is 1. The number of hydrogen-bond donors (Lipinski definition) is 3. The first-order chi connectivity index (χ1) is 24.3. The summed E-state index contributed by atoms with van der Waals surface area (Å²) in [5.74, 6) is -0.395. The Morgan fingerprint density at radius 3 is 1.62 bits per heavy atom. The highest BCUT2D eigenvalue weighted by molar-refractivity contribution is 7.47. The van der Waals surface area contributed by atoms with E-state index >= 15 is 0 Å². The van der Waals surface area contributed by atoms with Crippen molar-refractivity contribution in [1.29, 1.82) is 0 Å². The van der Waals surface area contributed by atoms with Gasteiger partial charge in [0.15, 0.2) is 0 Å². The molecule has 3 N–H and O–H groups in total. The molecule has 3 unspecified atom stereocenters. The molecule has 0 saturated heterocycles. The quantitative estimate of drug-likeness (QED) is 0.0244. The summed E-state index contributed by atoms with van der Waals surface area (Å²) in [4.78, 5) is 22.5. The lowest BCUT2D eigenvalue weighted by Crippen LogP contribution is -2.29. The van der Waals surface area contributed by atoms with Gasteiger partial charge in [-0.15, -0.1) is 0 Å². The number of phosphoric ester groups is 1. The van der Waals surface area contributed by atoms with Gasteiger partial charge >= 0.3 is 13.8 Å². The first-order valence-electron chi connectivity index (χ1n) is 20.3. The van der Waals surface area contributed by atoms with Crippen molar-refractivity contribution in [2.75, 3.05) is 33.0 Å². The van der Waals surface area contributed by atoms with Crippen molar-refractivity contribution >= 4 is 13.8 Å². The normalized spacial score (nSPS) is 14.4. The maximum absolute atomic E-state index is 12.6. The van der Waals surface area contributed by atoms with Crippen molar-refractivity contribution in [1.82, 2.24) is 0 Å². The van der Waals surface area contributed by atoms with Gasteiger partial charge in [0.1, 0.15) is 12.2 Å². The maximum Gasteiger partial charge on any atom is 0.472 e. The number of allylic oxidation sites excluding steroid dienone is 4. The largest absolute Gasteiger partial charge is 0.472 e. The standard InChI is InChI=1S/C40H77O9P/c1-3-5-7-9-11-13-15-17-18-19-20-22-24-26-28-30-32-40(43)49-39(37-48-50(44,45)47-35-38(42)34-41)36-46-33-31-29-27-25-23-21-16-14-12-10-8-6-4-2/h13,15,18-19,38-39,41-42H,3-12,14,16-17,20-37H2,1-2H3,(H,44,45)/b15-13-,19-18-. The summed E-state index contributed by atoms with van der Waals surface area (Å²) in [6, 6.07) is 0. The van der Waals surface area contributed by atoms with Crippen LogP contribution in [-0.4, -0.2) is 66.3 Å². The highest BCUT2D eigenvalue weighted by atomic mass is 31.2. The van der Waals surface area contributed by atoms with E-state index in [4.69, 9.17) is 23.6 Å². The van der Waals surface area contributed by atoms with Crippen molar-refractivity contribution in [3.8, 4) is 0 Å². The first kappa shape index (κ1) is 48.9. The second-order valence-corrected chi connectivity index (χ2v) is 15.1. The minimum atomic E-state index is -4.51. The fourth-order valence-electron chi connectivity index (χ4n) is 5.50. The number of aliphatic hydroxyl groups excluding tert-OH is 2. The van der Waals surface area contributed by atoms with Crippen LogP contribution < -0.4 is 0 Å². The van der Waals surface area contributed by atoms with Crippen molar-refractivity contribution in [2.24, 2.45) is 0 Å². The van der Waals surface area contributed by atoms with Crippen LogP contribution in [0.2, 0.25) is 0 Å². The zero-order chi connectivity index (χ0) is 36.8. The second kappa shape index (κ2) is 37.7. The topological polar surface area (TPSA) is 132 Å². The van der Waals surface area contributed by atoms with Crippen LogP contribution in [-0.2, 0) is 27.9 Å². The molecular weight excluding hydrogens is 655 g/mol. The number of aliphatic hydroxyl groups is 2. The Bertz CT molecular complexity index is 836. The average Bonchev–Trinajstić information content (AvgIpc) is 3.10. The van der Waals surface area contributed by atoms with E-state index in [1.54, 1.807) is 0 Å². The number of phosphoric acid groups is 1. The minimum absolute atomic E-state index is 0.0472. The zero-order valence-electron chi connectivity index (χ0n) is 32.1. The van der Waals surface area contributed by atoms with Gasteiger partial charge in [-0.2, -0.15) is 0 Å². The lowest BCUT2D eigenvalue weighted by molar-refractivity contribution is -0.154. The smallest absolute Gasteiger partial charge is 0.457 e. The van der Waals surface area contributed by atoms with Crippen LogP contribution in [0.4, 0.5) is 0 Å². The van der Waals surface area contributed by atoms with Gasteiger partial charge < -0.3 is 24.6 Å². The molecule has 3 atom stereocenters. The van der Waals surface area contributed by atoms with Gasteiger partial charge in [0.2, 0.25) is 0 Å². The molecule has 0 heterocycles. The number of carbonyl (C=O) groups excluding carboxylic acids is 1. The summed E-state index contributed by atoms with van der Waals surface area (Å²) in [6.07, 6.45) is 37.0. The summed E-state index contributed by atoms with van der Waals surface area (Å²) in [6.45, 7) is 3.49. The van der Waals surface area contributed by atoms with Crippen LogP contribution in [0.25, 0.3) is 0 Å². The summed E-state index contributed by atoms with van der Waals surface area (Å²) in [7, 11) is -4.51. The number of unbranched alkanes of at least 4 members (excludes halogenated alkanes) is 21. The van der Waals surface area contributed by atoms with Crippen molar-refractivity contribution in [2.45, 2.75) is 193 Å². The van der Waals surface area contributed by atoms with E-state index in [0.717, 1.165) is 51.4 Å². The van der Waals surface area contributed by atoms with Crippen LogP contribution in [0.5, 0.6) is 0 Å². The van der Waals surface area contributed by atoms with E-state index in [-0.39, 0.29) is 19.6 Å². The molecule has 296 valence electrons. The predicted molar refractivity (Wildman–Crippen MR) is 205 cm³/mol. The molecule has 0 fully saturated rings. The third-order valence-corrected chi connectivity index (χ3v) is 9.59. The van der Waals surface area contributed by atoms with E-state index in [2.05, 4.69) is 38.2 Å². The van der Waals surface area contributed by atoms with Gasteiger partial charge in [0, 0.05) is 13.0 Å². The Balaban J connectivity index is 4.22. The van der Waals surface area contributed by atoms with Gasteiger partial charge in [-0.1, -0.05) is 154 Å². The summed E-state index contributed by atoms with van der Waals surface area (Å²) >= 11 is 0. The van der Waals surface area contributed by atoms with E-state index in [9.17, 15) is 19.4 Å². The van der Waals surface area contributed by atoms with Crippen LogP contribution in [0, 0.1) is 0 Å². The monoisotopic (exact) mass is 733 g/mol. The molecule has 50 heavy (non-hydrogen) atoms. The zero-order valence-corrected chi connectivity index (χ0v) is 33.0. The van der Waals surface area contributed by atoms with E-state index in [1.165, 1.54) is 103 Å². The molecule has 0 bridgehead atoms. The van der Waals surface area contributed by atoms with Crippen molar-refractivity contribution in [3.63, 3.8) is 0 Å². The van der Waals surface area contributed by atoms with Crippen LogP contribution in [0.3, 0.4) is 0 Å². The summed E-state index contributed by atoms with van der Waals surface area (Å²) < 4.78 is 33.3. The fraction of sp³-hybridized carbons (Fsp3) is 0.875. The number of hydrogen-bond acceptors (Lipinski definition) is 8. The van der Waals surface area contributed by atoms with Crippen LogP contribution in [0.15, 0.2) is 24.3 Å². The van der Waals surface area contributed by atoms with Gasteiger partial charge in [-0.05, 0) is 44.9 Å². The van der Waals surface area contributed by atoms with Crippen LogP contribution in [0.1, 0.15) is 181 Å². The molecule has 9 nitrogen and oxygen atoms in total. The Kier molecular flexibility index (Phi) is 36.9. The van der Waals surface area contributed by atoms with E-state index in [1.807, 2.05) is 0 Å². The van der Waals surface area contributed by atoms with Crippen LogP contribution >= 0.6 is 7.82 Å². The molecule has 0 aliphatic rings. The number of rotatable bonds is 39. The minimum Gasteiger partial charge on any atom is -0.457 e. The first-order valence-corrected chi connectivity index (χ1v) is 21.8. The number of ether oxygens (including phenoxy) is 2. The summed E-state index contributed by atoms with van der Waals surface area (Å²) in [5, 5.41) is 18.3. The molecule has 0 aromatic rings. The molecule has 0 saturated carbocycles. The maximum atomic E-state index is 12.6. The molecule has 10 heteroatoms. The Morgan fingerprint density at radius 1 is 0.620 bits per heavy atom. The molecule has 0 radical (unpaired) electrons. The molecule has 0 aliphatic heterocycles. The summed E-state index contributed by atoms with van der Waals surface area (Å²) in [5.41, 5.74) is 0.